The fourth-order valence-corrected chi connectivity index (χ4v) is 2.15. The highest BCUT2D eigenvalue weighted by Gasteiger charge is 2.30. The summed E-state index contributed by atoms with van der Waals surface area (Å²) in [6.07, 6.45) is 1.02. The van der Waals surface area contributed by atoms with Crippen LogP contribution in [-0.4, -0.2) is 74.1 Å². The van der Waals surface area contributed by atoms with Gasteiger partial charge in [-0.2, -0.15) is 0 Å². The van der Waals surface area contributed by atoms with Crippen LogP contribution in [-0.2, 0) is 14.3 Å². The fraction of sp³-hybridized carbons (Fsp3) is 0.846. The first-order valence-electron chi connectivity index (χ1n) is 6.90. The highest BCUT2D eigenvalue weighted by atomic mass is 16.5. The van der Waals surface area contributed by atoms with Crippen LogP contribution in [0.3, 0.4) is 0 Å². The standard InChI is InChI=1S/C13H25N3O3/c1-4-6-14-11(10-19-3)7-16-9-12(17)15(5-2)8-13(16)18/h11,14H,4-10H2,1-3H3. The Morgan fingerprint density at radius 1 is 1.21 bits per heavy atom. The summed E-state index contributed by atoms with van der Waals surface area (Å²) in [5, 5.41) is 3.33. The molecule has 0 aromatic rings. The van der Waals surface area contributed by atoms with E-state index < -0.39 is 0 Å². The Hall–Kier alpha value is -1.14. The molecule has 1 fully saturated rings. The van der Waals surface area contributed by atoms with Crippen LogP contribution in [0.25, 0.3) is 0 Å². The lowest BCUT2D eigenvalue weighted by atomic mass is 10.2. The molecule has 19 heavy (non-hydrogen) atoms. The quantitative estimate of drug-likeness (QED) is 0.658. The lowest BCUT2D eigenvalue weighted by Crippen LogP contribution is -2.57. The van der Waals surface area contributed by atoms with Gasteiger partial charge in [0.1, 0.15) is 0 Å². The van der Waals surface area contributed by atoms with Crippen LogP contribution in [0, 0.1) is 0 Å². The number of methoxy groups -OCH3 is 1. The van der Waals surface area contributed by atoms with Crippen LogP contribution in [0.5, 0.6) is 0 Å². The molecule has 0 aliphatic carbocycles. The second kappa shape index (κ2) is 8.12. The van der Waals surface area contributed by atoms with Crippen LogP contribution < -0.4 is 5.32 Å². The summed E-state index contributed by atoms with van der Waals surface area (Å²) in [4.78, 5) is 27.0. The average molecular weight is 271 g/mol. The second-order valence-corrected chi connectivity index (χ2v) is 4.79. The summed E-state index contributed by atoms with van der Waals surface area (Å²) in [5.74, 6) is 0.0367. The zero-order valence-corrected chi connectivity index (χ0v) is 12.1. The highest BCUT2D eigenvalue weighted by Crippen LogP contribution is 2.06. The minimum absolute atomic E-state index is 0.0147. The van der Waals surface area contributed by atoms with Crippen molar-refractivity contribution in [3.8, 4) is 0 Å². The van der Waals surface area contributed by atoms with Crippen molar-refractivity contribution in [3.05, 3.63) is 0 Å². The zero-order chi connectivity index (χ0) is 14.3. The lowest BCUT2D eigenvalue weighted by Gasteiger charge is -2.35. The van der Waals surface area contributed by atoms with Crippen molar-refractivity contribution in [2.75, 3.05) is 46.4 Å². The van der Waals surface area contributed by atoms with Crippen molar-refractivity contribution in [2.45, 2.75) is 26.3 Å². The van der Waals surface area contributed by atoms with Gasteiger partial charge in [-0.1, -0.05) is 6.92 Å². The molecule has 110 valence electrons. The Bertz CT molecular complexity index is 310. The Morgan fingerprint density at radius 3 is 2.42 bits per heavy atom. The summed E-state index contributed by atoms with van der Waals surface area (Å²) in [6.45, 7) is 6.89. The summed E-state index contributed by atoms with van der Waals surface area (Å²) in [6, 6.07) is 0.0786. The van der Waals surface area contributed by atoms with Crippen LogP contribution in [0.2, 0.25) is 0 Å². The van der Waals surface area contributed by atoms with E-state index in [1.165, 1.54) is 0 Å². The minimum atomic E-state index is 0.0147. The molecule has 1 N–H and O–H groups in total. The average Bonchev–Trinajstić information content (AvgIpc) is 2.39. The number of hydrogen-bond acceptors (Lipinski definition) is 4. The molecule has 6 heteroatoms. The first-order chi connectivity index (χ1) is 9.12. The van der Waals surface area contributed by atoms with E-state index in [9.17, 15) is 9.59 Å². The molecule has 1 heterocycles. The van der Waals surface area contributed by atoms with Gasteiger partial charge in [0.05, 0.1) is 19.7 Å². The van der Waals surface area contributed by atoms with E-state index in [0.717, 1.165) is 13.0 Å². The molecular weight excluding hydrogens is 246 g/mol. The van der Waals surface area contributed by atoms with Crippen molar-refractivity contribution in [2.24, 2.45) is 0 Å². The lowest BCUT2D eigenvalue weighted by molar-refractivity contribution is -0.150. The zero-order valence-electron chi connectivity index (χ0n) is 12.1. The van der Waals surface area contributed by atoms with Crippen molar-refractivity contribution in [1.29, 1.82) is 0 Å². The molecule has 1 unspecified atom stereocenters. The number of amides is 2. The molecule has 0 radical (unpaired) electrons. The molecule has 1 aliphatic heterocycles. The van der Waals surface area contributed by atoms with Crippen LogP contribution in [0.4, 0.5) is 0 Å². The van der Waals surface area contributed by atoms with Crippen molar-refractivity contribution in [1.82, 2.24) is 15.1 Å². The van der Waals surface area contributed by atoms with Gasteiger partial charge in [0.2, 0.25) is 11.8 Å². The molecule has 1 atom stereocenters. The molecule has 1 rings (SSSR count). The number of ether oxygens (including phenoxy) is 1. The van der Waals surface area contributed by atoms with Gasteiger partial charge in [0.25, 0.3) is 0 Å². The predicted octanol–water partition coefficient (Wildman–Crippen LogP) is -0.308. The molecule has 0 aromatic carbocycles. The van der Waals surface area contributed by atoms with Gasteiger partial charge >= 0.3 is 0 Å². The van der Waals surface area contributed by atoms with E-state index in [2.05, 4.69) is 12.2 Å². The maximum Gasteiger partial charge on any atom is 0.242 e. The number of nitrogens with one attached hydrogen (secondary N) is 1. The van der Waals surface area contributed by atoms with Gasteiger partial charge in [-0.05, 0) is 19.9 Å². The third-order valence-electron chi connectivity index (χ3n) is 3.23. The maximum atomic E-state index is 12.0. The van der Waals surface area contributed by atoms with E-state index >= 15 is 0 Å². The summed E-state index contributed by atoms with van der Waals surface area (Å²) < 4.78 is 5.15. The number of nitrogens with zero attached hydrogens (tertiary/aromatic N) is 2. The van der Waals surface area contributed by atoms with Crippen LogP contribution >= 0.6 is 0 Å². The number of piperazine rings is 1. The number of rotatable bonds is 8. The fourth-order valence-electron chi connectivity index (χ4n) is 2.15. The normalized spacial score (nSPS) is 18.1. The van der Waals surface area contributed by atoms with E-state index in [1.54, 1.807) is 16.9 Å². The highest BCUT2D eigenvalue weighted by molar-refractivity contribution is 5.92. The van der Waals surface area contributed by atoms with Gasteiger partial charge < -0.3 is 19.9 Å². The van der Waals surface area contributed by atoms with Crippen LogP contribution in [0.1, 0.15) is 20.3 Å². The van der Waals surface area contributed by atoms with Gasteiger partial charge in [0, 0.05) is 26.2 Å². The second-order valence-electron chi connectivity index (χ2n) is 4.79. The SMILES string of the molecule is CCCNC(COC)CN1CC(=O)N(CC)CC1=O. The Morgan fingerprint density at radius 2 is 1.84 bits per heavy atom. The Balaban J connectivity index is 2.53. The third-order valence-corrected chi connectivity index (χ3v) is 3.23. The first kappa shape index (κ1) is 15.9. The third kappa shape index (κ3) is 4.80. The van der Waals surface area contributed by atoms with E-state index in [1.807, 2.05) is 6.92 Å². The monoisotopic (exact) mass is 271 g/mol. The van der Waals surface area contributed by atoms with Crippen molar-refractivity contribution < 1.29 is 14.3 Å². The summed E-state index contributed by atoms with van der Waals surface area (Å²) >= 11 is 0. The molecule has 0 spiro atoms. The maximum absolute atomic E-state index is 12.0. The van der Waals surface area contributed by atoms with Crippen molar-refractivity contribution >= 4 is 11.8 Å². The summed E-state index contributed by atoms with van der Waals surface area (Å²) in [5.41, 5.74) is 0. The number of carbonyl (C=O) groups is 2. The van der Waals surface area contributed by atoms with E-state index in [-0.39, 0.29) is 30.9 Å². The molecule has 6 nitrogen and oxygen atoms in total. The largest absolute Gasteiger partial charge is 0.383 e. The van der Waals surface area contributed by atoms with E-state index in [0.29, 0.717) is 19.7 Å². The number of hydrogen-bond donors (Lipinski definition) is 1. The molecule has 0 bridgehead atoms. The van der Waals surface area contributed by atoms with Gasteiger partial charge in [-0.25, -0.2) is 0 Å². The van der Waals surface area contributed by atoms with Gasteiger partial charge in [-0.3, -0.25) is 9.59 Å². The Labute approximate surface area is 115 Å². The molecule has 2 amide bonds. The van der Waals surface area contributed by atoms with Crippen LogP contribution in [0.15, 0.2) is 0 Å². The van der Waals surface area contributed by atoms with Gasteiger partial charge in [-0.15, -0.1) is 0 Å². The smallest absolute Gasteiger partial charge is 0.242 e. The molecule has 0 saturated carbocycles. The van der Waals surface area contributed by atoms with Gasteiger partial charge in [0.15, 0.2) is 0 Å². The number of carbonyl (C=O) groups excluding carboxylic acids is 2. The molecule has 1 saturated heterocycles. The number of likely N-dealkylation sites (N-methyl/N-ethyl adjacent to an activating group) is 1. The molecule has 1 aliphatic rings. The first-order valence-corrected chi connectivity index (χ1v) is 6.90. The minimum Gasteiger partial charge on any atom is -0.383 e. The van der Waals surface area contributed by atoms with Crippen molar-refractivity contribution in [3.63, 3.8) is 0 Å². The predicted molar refractivity (Wildman–Crippen MR) is 72.8 cm³/mol. The van der Waals surface area contributed by atoms with E-state index in [4.69, 9.17) is 4.74 Å². The Kier molecular flexibility index (Phi) is 6.80. The summed E-state index contributed by atoms with van der Waals surface area (Å²) in [7, 11) is 1.64. The molecule has 0 aromatic heterocycles. The topological polar surface area (TPSA) is 61.9 Å². The molecular formula is C13H25N3O3.